The minimum absolute atomic E-state index is 0.0224. The van der Waals surface area contributed by atoms with Gasteiger partial charge < -0.3 is 10.0 Å². The molecule has 2 unspecified atom stereocenters. The van der Waals surface area contributed by atoms with Gasteiger partial charge in [0.1, 0.15) is 6.04 Å². The van der Waals surface area contributed by atoms with Crippen LogP contribution >= 0.6 is 0 Å². The highest BCUT2D eigenvalue weighted by Crippen LogP contribution is 2.36. The minimum atomic E-state index is -2.68. The Morgan fingerprint density at radius 2 is 1.51 bits per heavy atom. The molecule has 5 rings (SSSR count). The molecule has 1 saturated carbocycles. The quantitative estimate of drug-likeness (QED) is 0.379. The number of hydrogen-bond acceptors (Lipinski definition) is 3. The molecule has 2 heterocycles. The average molecular weight is 541 g/mol. The van der Waals surface area contributed by atoms with Crippen LogP contribution in [-0.4, -0.2) is 60.1 Å². The molecule has 2 aliphatic heterocycles. The van der Waals surface area contributed by atoms with Crippen molar-refractivity contribution < 1.29 is 18.7 Å². The fourth-order valence-electron chi connectivity index (χ4n) is 6.71. The highest BCUT2D eigenvalue weighted by atomic mass is 19.3. The lowest BCUT2D eigenvalue weighted by Crippen LogP contribution is -2.45. The first-order valence-electron chi connectivity index (χ1n) is 15.0. The summed E-state index contributed by atoms with van der Waals surface area (Å²) >= 11 is 0. The Kier molecular flexibility index (Phi) is 10.9. The van der Waals surface area contributed by atoms with Crippen LogP contribution in [0.5, 0.6) is 0 Å². The zero-order valence-electron chi connectivity index (χ0n) is 23.5. The summed E-state index contributed by atoms with van der Waals surface area (Å²) < 4.78 is 28.0. The Morgan fingerprint density at radius 3 is 2.13 bits per heavy atom. The number of aliphatic carboxylic acids is 1. The van der Waals surface area contributed by atoms with Crippen LogP contribution < -0.4 is 0 Å². The predicted octanol–water partition coefficient (Wildman–Crippen LogP) is 7.41. The standard InChI is InChI=1S/C18H25NO2.C15H21F2N/c20-18(21)17(15-9-5-2-6-10-15)19-12-11-16(13-19)14-7-3-1-4-8-14;1-18-11-8-13(9-12-18)7-10-15(16,17)14-5-3-2-4-6-14/h1,3-4,7-8,15-17H,2,5-6,9-13H2,(H,20,21);2-6,13H,7-12H2,1H3. The molecule has 2 atom stereocenters. The molecule has 2 aromatic carbocycles. The van der Waals surface area contributed by atoms with Crippen LogP contribution in [0.15, 0.2) is 60.7 Å². The van der Waals surface area contributed by atoms with Gasteiger partial charge >= 0.3 is 5.97 Å². The molecule has 3 aliphatic rings. The van der Waals surface area contributed by atoms with Crippen molar-refractivity contribution in [3.63, 3.8) is 0 Å². The first kappa shape index (κ1) is 29.7. The molecule has 214 valence electrons. The molecule has 2 aromatic rings. The minimum Gasteiger partial charge on any atom is -0.480 e. The molecule has 3 fully saturated rings. The van der Waals surface area contributed by atoms with Crippen molar-refractivity contribution in [2.45, 2.75) is 82.1 Å². The summed E-state index contributed by atoms with van der Waals surface area (Å²) in [6, 6.07) is 18.4. The van der Waals surface area contributed by atoms with Crippen molar-refractivity contribution in [3.8, 4) is 0 Å². The highest BCUT2D eigenvalue weighted by molar-refractivity contribution is 5.74. The van der Waals surface area contributed by atoms with Gasteiger partial charge in [0.25, 0.3) is 5.92 Å². The summed E-state index contributed by atoms with van der Waals surface area (Å²) in [5.74, 6) is -1.97. The van der Waals surface area contributed by atoms with E-state index in [1.165, 1.54) is 37.0 Å². The second-order valence-electron chi connectivity index (χ2n) is 11.9. The van der Waals surface area contributed by atoms with Crippen LogP contribution in [0.4, 0.5) is 8.78 Å². The Morgan fingerprint density at radius 1 is 0.897 bits per heavy atom. The van der Waals surface area contributed by atoms with E-state index in [0.717, 1.165) is 58.3 Å². The molecule has 0 radical (unpaired) electrons. The Bertz CT molecular complexity index is 989. The topological polar surface area (TPSA) is 43.8 Å². The van der Waals surface area contributed by atoms with Crippen molar-refractivity contribution in [2.75, 3.05) is 33.2 Å². The number of rotatable bonds is 8. The predicted molar refractivity (Wildman–Crippen MR) is 153 cm³/mol. The van der Waals surface area contributed by atoms with Crippen molar-refractivity contribution in [1.29, 1.82) is 0 Å². The summed E-state index contributed by atoms with van der Waals surface area (Å²) in [7, 11) is 2.09. The van der Waals surface area contributed by atoms with Crippen LogP contribution in [0.2, 0.25) is 0 Å². The van der Waals surface area contributed by atoms with Crippen LogP contribution in [0, 0.1) is 11.8 Å². The highest BCUT2D eigenvalue weighted by Gasteiger charge is 2.38. The van der Waals surface area contributed by atoms with Crippen LogP contribution in [0.3, 0.4) is 0 Å². The van der Waals surface area contributed by atoms with Crippen molar-refractivity contribution in [1.82, 2.24) is 9.80 Å². The Hall–Kier alpha value is -2.31. The maximum atomic E-state index is 14.0. The number of alkyl halides is 2. The number of hydrogen-bond donors (Lipinski definition) is 1. The molecule has 0 spiro atoms. The van der Waals surface area contributed by atoms with Gasteiger partial charge in [-0.2, -0.15) is 0 Å². The second kappa shape index (κ2) is 14.4. The molecule has 1 aliphatic carbocycles. The van der Waals surface area contributed by atoms with E-state index in [9.17, 15) is 18.7 Å². The third kappa shape index (κ3) is 8.59. The lowest BCUT2D eigenvalue weighted by molar-refractivity contribution is -0.145. The van der Waals surface area contributed by atoms with Crippen LogP contribution in [-0.2, 0) is 10.7 Å². The van der Waals surface area contributed by atoms with E-state index in [4.69, 9.17) is 0 Å². The van der Waals surface area contributed by atoms with Crippen LogP contribution in [0.1, 0.15) is 81.3 Å². The molecule has 39 heavy (non-hydrogen) atoms. The molecule has 4 nitrogen and oxygen atoms in total. The summed E-state index contributed by atoms with van der Waals surface area (Å²) in [5.41, 5.74) is 1.51. The summed E-state index contributed by atoms with van der Waals surface area (Å²) in [4.78, 5) is 16.3. The molecule has 0 amide bonds. The number of nitrogens with zero attached hydrogens (tertiary/aromatic N) is 2. The zero-order chi connectivity index (χ0) is 27.7. The van der Waals surface area contributed by atoms with E-state index in [1.54, 1.807) is 18.2 Å². The normalized spacial score (nSPS) is 22.7. The SMILES string of the molecule is CN1CCC(CCC(F)(F)c2ccccc2)CC1.O=C(O)C(C1CCCCC1)N1CCC(c2ccccc2)C1. The van der Waals surface area contributed by atoms with E-state index >= 15 is 0 Å². The third-order valence-corrected chi connectivity index (χ3v) is 9.13. The molecule has 6 heteroatoms. The second-order valence-corrected chi connectivity index (χ2v) is 11.9. The number of carbonyl (C=O) groups is 1. The Balaban J connectivity index is 0.000000183. The van der Waals surface area contributed by atoms with E-state index in [2.05, 4.69) is 41.1 Å². The van der Waals surface area contributed by atoms with Gasteiger partial charge in [-0.3, -0.25) is 9.69 Å². The molecule has 0 aromatic heterocycles. The van der Waals surface area contributed by atoms with Gasteiger partial charge in [-0.05, 0) is 88.5 Å². The molecule has 1 N–H and O–H groups in total. The van der Waals surface area contributed by atoms with Crippen LogP contribution in [0.25, 0.3) is 0 Å². The maximum Gasteiger partial charge on any atom is 0.321 e. The van der Waals surface area contributed by atoms with E-state index < -0.39 is 11.9 Å². The smallest absolute Gasteiger partial charge is 0.321 e. The van der Waals surface area contributed by atoms with Gasteiger partial charge in [-0.1, -0.05) is 79.9 Å². The first-order valence-corrected chi connectivity index (χ1v) is 15.0. The summed E-state index contributed by atoms with van der Waals surface area (Å²) in [6.07, 6.45) is 9.65. The van der Waals surface area contributed by atoms with Crippen molar-refractivity contribution in [3.05, 3.63) is 71.8 Å². The average Bonchev–Trinajstić information content (AvgIpc) is 3.44. The van der Waals surface area contributed by atoms with E-state index in [-0.39, 0.29) is 18.0 Å². The van der Waals surface area contributed by atoms with Gasteiger partial charge in [0, 0.05) is 18.5 Å². The largest absolute Gasteiger partial charge is 0.480 e. The Labute approximate surface area is 233 Å². The fraction of sp³-hybridized carbons (Fsp3) is 0.606. The maximum absolute atomic E-state index is 14.0. The van der Waals surface area contributed by atoms with Gasteiger partial charge in [0.2, 0.25) is 0 Å². The fourth-order valence-corrected chi connectivity index (χ4v) is 6.71. The monoisotopic (exact) mass is 540 g/mol. The lowest BCUT2D eigenvalue weighted by atomic mass is 9.83. The molecular weight excluding hydrogens is 494 g/mol. The van der Waals surface area contributed by atoms with Gasteiger partial charge in [0.05, 0.1) is 0 Å². The zero-order valence-corrected chi connectivity index (χ0v) is 23.5. The molecule has 0 bridgehead atoms. The lowest BCUT2D eigenvalue weighted by Gasteiger charge is -2.33. The third-order valence-electron chi connectivity index (χ3n) is 9.13. The van der Waals surface area contributed by atoms with E-state index in [0.29, 0.717) is 24.2 Å². The number of piperidine rings is 1. The summed E-state index contributed by atoms with van der Waals surface area (Å²) in [6.45, 7) is 3.91. The molecular formula is C33H46F2N2O2. The van der Waals surface area contributed by atoms with Crippen molar-refractivity contribution in [2.24, 2.45) is 11.8 Å². The number of likely N-dealkylation sites (tertiary alicyclic amines) is 2. The number of carboxylic acids is 1. The summed E-state index contributed by atoms with van der Waals surface area (Å²) in [5, 5.41) is 9.70. The number of halogens is 2. The number of carboxylic acid groups (broad SMARTS) is 1. The molecule has 2 saturated heterocycles. The van der Waals surface area contributed by atoms with Gasteiger partial charge in [-0.25, -0.2) is 8.78 Å². The number of benzene rings is 2. The van der Waals surface area contributed by atoms with Gasteiger partial charge in [-0.15, -0.1) is 0 Å². The van der Waals surface area contributed by atoms with E-state index in [1.807, 2.05) is 6.07 Å². The first-order chi connectivity index (χ1) is 18.8. The van der Waals surface area contributed by atoms with Crippen molar-refractivity contribution >= 4 is 5.97 Å². The van der Waals surface area contributed by atoms with Gasteiger partial charge in [0.15, 0.2) is 0 Å².